The fourth-order valence-corrected chi connectivity index (χ4v) is 5.18. The molecule has 1 aliphatic rings. The topological polar surface area (TPSA) is 36.4 Å². The minimum Gasteiger partial charge on any atom is -0.368 e. The van der Waals surface area contributed by atoms with Crippen LogP contribution in [0.1, 0.15) is 63.0 Å². The number of piperazine rings is 1. The zero-order valence-corrected chi connectivity index (χ0v) is 24.7. The lowest BCUT2D eigenvalue weighted by Gasteiger charge is -2.37. The van der Waals surface area contributed by atoms with E-state index in [1.54, 1.807) is 0 Å². The smallest absolute Gasteiger partial charge is 0.254 e. The highest BCUT2D eigenvalue weighted by atomic mass is 16.2. The van der Waals surface area contributed by atoms with Gasteiger partial charge in [-0.2, -0.15) is 0 Å². The van der Waals surface area contributed by atoms with Gasteiger partial charge in [-0.1, -0.05) is 108 Å². The SMILES string of the molecule is CC(C)(C)c1cc(N2CCN(C(=O)c3cc(-c4ccccc4)nc(-c4ccccc4)c3)CC2)cc(C(C)(C)C)c1. The van der Waals surface area contributed by atoms with Crippen molar-refractivity contribution >= 4 is 11.6 Å². The number of nitrogens with zero attached hydrogens (tertiary/aromatic N) is 3. The summed E-state index contributed by atoms with van der Waals surface area (Å²) in [6.45, 7) is 16.6. The molecule has 0 atom stereocenters. The molecule has 0 spiro atoms. The van der Waals surface area contributed by atoms with Crippen LogP contribution in [0.25, 0.3) is 22.5 Å². The van der Waals surface area contributed by atoms with Gasteiger partial charge in [0.05, 0.1) is 11.4 Å². The van der Waals surface area contributed by atoms with Gasteiger partial charge in [0.2, 0.25) is 0 Å². The third-order valence-electron chi connectivity index (χ3n) is 7.79. The number of hydrogen-bond acceptors (Lipinski definition) is 3. The Balaban J connectivity index is 1.40. The first-order chi connectivity index (χ1) is 19.0. The summed E-state index contributed by atoms with van der Waals surface area (Å²) in [6.07, 6.45) is 0. The molecule has 206 valence electrons. The van der Waals surface area contributed by atoms with Crippen LogP contribution in [0.15, 0.2) is 91.0 Å². The highest BCUT2D eigenvalue weighted by Gasteiger charge is 2.26. The van der Waals surface area contributed by atoms with E-state index in [1.807, 2.05) is 77.7 Å². The highest BCUT2D eigenvalue weighted by Crippen LogP contribution is 2.34. The van der Waals surface area contributed by atoms with Gasteiger partial charge in [0.1, 0.15) is 0 Å². The van der Waals surface area contributed by atoms with E-state index in [0.717, 1.165) is 35.6 Å². The zero-order chi connectivity index (χ0) is 28.5. The molecule has 1 amide bonds. The molecule has 2 heterocycles. The maximum atomic E-state index is 13.9. The summed E-state index contributed by atoms with van der Waals surface area (Å²) in [7, 11) is 0. The molecule has 4 heteroatoms. The summed E-state index contributed by atoms with van der Waals surface area (Å²) in [4.78, 5) is 23.2. The molecule has 1 saturated heterocycles. The summed E-state index contributed by atoms with van der Waals surface area (Å²) >= 11 is 0. The summed E-state index contributed by atoms with van der Waals surface area (Å²) in [6, 6.07) is 31.1. The summed E-state index contributed by atoms with van der Waals surface area (Å²) in [5.74, 6) is 0.0650. The third-order valence-corrected chi connectivity index (χ3v) is 7.79. The Labute approximate surface area is 239 Å². The Kier molecular flexibility index (Phi) is 7.55. The lowest BCUT2D eigenvalue weighted by molar-refractivity contribution is 0.0746. The molecular weight excluding hydrogens is 490 g/mol. The van der Waals surface area contributed by atoms with Gasteiger partial charge in [0, 0.05) is 48.6 Å². The van der Waals surface area contributed by atoms with Crippen LogP contribution in [-0.4, -0.2) is 42.0 Å². The second-order valence-corrected chi connectivity index (χ2v) is 12.9. The van der Waals surface area contributed by atoms with Gasteiger partial charge in [0.15, 0.2) is 0 Å². The largest absolute Gasteiger partial charge is 0.368 e. The molecular formula is C36H41N3O. The molecule has 1 aliphatic heterocycles. The average molecular weight is 532 g/mol. The van der Waals surface area contributed by atoms with E-state index in [9.17, 15) is 4.79 Å². The van der Waals surface area contributed by atoms with Gasteiger partial charge >= 0.3 is 0 Å². The van der Waals surface area contributed by atoms with Crippen LogP contribution in [0, 0.1) is 0 Å². The van der Waals surface area contributed by atoms with Gasteiger partial charge in [-0.3, -0.25) is 4.79 Å². The van der Waals surface area contributed by atoms with Crippen molar-refractivity contribution in [3.05, 3.63) is 108 Å². The van der Waals surface area contributed by atoms with Crippen molar-refractivity contribution in [2.24, 2.45) is 0 Å². The van der Waals surface area contributed by atoms with E-state index in [4.69, 9.17) is 4.98 Å². The number of aromatic nitrogens is 1. The molecule has 0 unspecified atom stereocenters. The van der Waals surface area contributed by atoms with Crippen LogP contribution in [0.4, 0.5) is 5.69 Å². The van der Waals surface area contributed by atoms with E-state index in [1.165, 1.54) is 16.8 Å². The monoisotopic (exact) mass is 531 g/mol. The average Bonchev–Trinajstić information content (AvgIpc) is 2.96. The molecule has 3 aromatic carbocycles. The number of pyridine rings is 1. The number of carbonyl (C=O) groups excluding carboxylic acids is 1. The fourth-order valence-electron chi connectivity index (χ4n) is 5.18. The van der Waals surface area contributed by atoms with Crippen molar-refractivity contribution < 1.29 is 4.79 Å². The Morgan fingerprint density at radius 3 is 1.50 bits per heavy atom. The molecule has 40 heavy (non-hydrogen) atoms. The van der Waals surface area contributed by atoms with Crippen LogP contribution >= 0.6 is 0 Å². The van der Waals surface area contributed by atoms with E-state index in [2.05, 4.69) is 64.6 Å². The quantitative estimate of drug-likeness (QED) is 0.268. The van der Waals surface area contributed by atoms with Crippen molar-refractivity contribution in [1.29, 1.82) is 0 Å². The van der Waals surface area contributed by atoms with Crippen molar-refractivity contribution in [3.63, 3.8) is 0 Å². The van der Waals surface area contributed by atoms with Crippen LogP contribution < -0.4 is 4.90 Å². The molecule has 4 aromatic rings. The molecule has 4 nitrogen and oxygen atoms in total. The standard InChI is InChI=1S/C36H41N3O/c1-35(2,3)29-23-30(36(4,5)6)25-31(24-29)38-17-19-39(20-18-38)34(40)28-21-32(26-13-9-7-10-14-26)37-33(22-28)27-15-11-8-12-16-27/h7-16,21-25H,17-20H2,1-6H3. The molecule has 5 rings (SSSR count). The van der Waals surface area contributed by atoms with E-state index >= 15 is 0 Å². The Bertz CT molecular complexity index is 1380. The maximum absolute atomic E-state index is 13.9. The number of hydrogen-bond donors (Lipinski definition) is 0. The number of benzene rings is 3. The van der Waals surface area contributed by atoms with E-state index < -0.39 is 0 Å². The van der Waals surface area contributed by atoms with Gasteiger partial charge in [0.25, 0.3) is 5.91 Å². The Morgan fingerprint density at radius 1 is 0.625 bits per heavy atom. The predicted molar refractivity (Wildman–Crippen MR) is 167 cm³/mol. The van der Waals surface area contributed by atoms with Crippen molar-refractivity contribution in [2.45, 2.75) is 52.4 Å². The first-order valence-corrected chi connectivity index (χ1v) is 14.3. The van der Waals surface area contributed by atoms with Crippen LogP contribution in [0.3, 0.4) is 0 Å². The number of rotatable bonds is 4. The molecule has 1 aromatic heterocycles. The second kappa shape index (κ2) is 10.9. The van der Waals surface area contributed by atoms with Crippen molar-refractivity contribution in [1.82, 2.24) is 9.88 Å². The van der Waals surface area contributed by atoms with Crippen LogP contribution in [0.2, 0.25) is 0 Å². The summed E-state index contributed by atoms with van der Waals surface area (Å²) < 4.78 is 0. The van der Waals surface area contributed by atoms with Crippen LogP contribution in [-0.2, 0) is 10.8 Å². The van der Waals surface area contributed by atoms with Gasteiger partial charge in [-0.15, -0.1) is 0 Å². The lowest BCUT2D eigenvalue weighted by Crippen LogP contribution is -2.49. The summed E-state index contributed by atoms with van der Waals surface area (Å²) in [5, 5.41) is 0. The molecule has 0 aliphatic carbocycles. The fraction of sp³-hybridized carbons (Fsp3) is 0.333. The molecule has 0 N–H and O–H groups in total. The molecule has 0 bridgehead atoms. The minimum absolute atomic E-state index is 0.0650. The third kappa shape index (κ3) is 6.12. The minimum atomic E-state index is 0.0650. The van der Waals surface area contributed by atoms with Crippen molar-refractivity contribution in [3.8, 4) is 22.5 Å². The normalized spacial score (nSPS) is 14.3. The predicted octanol–water partition coefficient (Wildman–Crippen LogP) is 7.97. The van der Waals surface area contributed by atoms with Gasteiger partial charge < -0.3 is 9.80 Å². The lowest BCUT2D eigenvalue weighted by atomic mass is 9.80. The zero-order valence-electron chi connectivity index (χ0n) is 24.7. The van der Waals surface area contributed by atoms with E-state index in [-0.39, 0.29) is 16.7 Å². The number of anilines is 1. The van der Waals surface area contributed by atoms with E-state index in [0.29, 0.717) is 18.7 Å². The molecule has 0 radical (unpaired) electrons. The van der Waals surface area contributed by atoms with Crippen LogP contribution in [0.5, 0.6) is 0 Å². The Morgan fingerprint density at radius 2 is 1.07 bits per heavy atom. The first kappa shape index (κ1) is 27.6. The van der Waals surface area contributed by atoms with Gasteiger partial charge in [-0.25, -0.2) is 4.98 Å². The summed E-state index contributed by atoms with van der Waals surface area (Å²) in [5.41, 5.74) is 8.44. The number of amides is 1. The Hall–Kier alpha value is -3.92. The second-order valence-electron chi connectivity index (χ2n) is 12.9. The molecule has 1 fully saturated rings. The van der Waals surface area contributed by atoms with Gasteiger partial charge in [-0.05, 0) is 46.2 Å². The highest BCUT2D eigenvalue weighted by molar-refractivity contribution is 5.96. The number of carbonyl (C=O) groups is 1. The maximum Gasteiger partial charge on any atom is 0.254 e. The van der Waals surface area contributed by atoms with Crippen molar-refractivity contribution in [2.75, 3.05) is 31.1 Å². The molecule has 0 saturated carbocycles. The first-order valence-electron chi connectivity index (χ1n) is 14.3.